The van der Waals surface area contributed by atoms with Crippen LogP contribution >= 0.6 is 0 Å². The molecular weight excluding hydrogens is 260 g/mol. The summed E-state index contributed by atoms with van der Waals surface area (Å²) in [6.07, 6.45) is 1.11. The van der Waals surface area contributed by atoms with Gasteiger partial charge in [-0.15, -0.1) is 0 Å². The molecule has 1 aromatic rings. The number of para-hydroxylation sites is 1. The fourth-order valence-corrected chi connectivity index (χ4v) is 1.52. The highest BCUT2D eigenvalue weighted by atomic mass is 16.6. The van der Waals surface area contributed by atoms with Gasteiger partial charge in [0.1, 0.15) is 13.2 Å². The maximum Gasteiger partial charge on any atom is 0.330 e. The van der Waals surface area contributed by atoms with Gasteiger partial charge >= 0.3 is 5.97 Å². The van der Waals surface area contributed by atoms with Crippen molar-refractivity contribution in [3.8, 4) is 17.2 Å². The van der Waals surface area contributed by atoms with E-state index in [2.05, 4.69) is 6.58 Å². The van der Waals surface area contributed by atoms with Gasteiger partial charge in [0.25, 0.3) is 0 Å². The summed E-state index contributed by atoms with van der Waals surface area (Å²) in [4.78, 5) is 10.9. The van der Waals surface area contributed by atoms with Crippen molar-refractivity contribution in [2.45, 2.75) is 13.8 Å². The van der Waals surface area contributed by atoms with Crippen LogP contribution in [0.15, 0.2) is 30.9 Å². The Bertz CT molecular complexity index is 442. The third-order valence-electron chi connectivity index (χ3n) is 2.28. The summed E-state index contributed by atoms with van der Waals surface area (Å²) >= 11 is 0. The Balaban J connectivity index is 2.65. The van der Waals surface area contributed by atoms with E-state index in [9.17, 15) is 4.79 Å². The van der Waals surface area contributed by atoms with Crippen molar-refractivity contribution in [2.75, 3.05) is 26.4 Å². The average molecular weight is 280 g/mol. The minimum absolute atomic E-state index is 0.148. The van der Waals surface area contributed by atoms with Gasteiger partial charge in [-0.25, -0.2) is 4.79 Å². The van der Waals surface area contributed by atoms with E-state index in [4.69, 9.17) is 18.9 Å². The molecule has 0 spiro atoms. The number of hydrogen-bond acceptors (Lipinski definition) is 5. The lowest BCUT2D eigenvalue weighted by Gasteiger charge is -2.15. The third-order valence-corrected chi connectivity index (χ3v) is 2.28. The average Bonchev–Trinajstić information content (AvgIpc) is 2.46. The molecule has 0 radical (unpaired) electrons. The maximum absolute atomic E-state index is 10.9. The van der Waals surface area contributed by atoms with Gasteiger partial charge in [0.15, 0.2) is 11.5 Å². The van der Waals surface area contributed by atoms with Gasteiger partial charge < -0.3 is 18.9 Å². The molecule has 0 N–H and O–H groups in total. The van der Waals surface area contributed by atoms with Gasteiger partial charge in [-0.05, 0) is 26.0 Å². The van der Waals surface area contributed by atoms with E-state index in [1.165, 1.54) is 0 Å². The SMILES string of the molecule is C=CC(=O)OCCOc1cccc(OCC)c1OCC. The van der Waals surface area contributed by atoms with Crippen molar-refractivity contribution in [1.82, 2.24) is 0 Å². The Morgan fingerprint density at radius 2 is 1.75 bits per heavy atom. The summed E-state index contributed by atoms with van der Waals surface area (Å²) in [5, 5.41) is 0. The van der Waals surface area contributed by atoms with Crippen LogP contribution in [0.25, 0.3) is 0 Å². The molecule has 5 nitrogen and oxygen atoms in total. The largest absolute Gasteiger partial charge is 0.490 e. The first-order valence-corrected chi connectivity index (χ1v) is 6.53. The first-order chi connectivity index (χ1) is 9.72. The highest BCUT2D eigenvalue weighted by Gasteiger charge is 2.12. The lowest BCUT2D eigenvalue weighted by molar-refractivity contribution is -0.138. The van der Waals surface area contributed by atoms with Crippen LogP contribution in [0.4, 0.5) is 0 Å². The third kappa shape index (κ3) is 4.84. The van der Waals surface area contributed by atoms with Crippen LogP contribution in [0.1, 0.15) is 13.8 Å². The lowest BCUT2D eigenvalue weighted by atomic mass is 10.3. The maximum atomic E-state index is 10.9. The summed E-state index contributed by atoms with van der Waals surface area (Å²) < 4.78 is 21.4. The van der Waals surface area contributed by atoms with Crippen LogP contribution in [-0.4, -0.2) is 32.4 Å². The number of benzene rings is 1. The van der Waals surface area contributed by atoms with Crippen molar-refractivity contribution >= 4 is 5.97 Å². The van der Waals surface area contributed by atoms with Gasteiger partial charge in [0.05, 0.1) is 13.2 Å². The molecule has 0 aliphatic carbocycles. The topological polar surface area (TPSA) is 54.0 Å². The molecule has 0 heterocycles. The predicted octanol–water partition coefficient (Wildman–Crippen LogP) is 2.59. The fraction of sp³-hybridized carbons (Fsp3) is 0.400. The molecule has 0 fully saturated rings. The van der Waals surface area contributed by atoms with E-state index in [1.807, 2.05) is 26.0 Å². The van der Waals surface area contributed by atoms with E-state index < -0.39 is 5.97 Å². The number of carbonyl (C=O) groups excluding carboxylic acids is 1. The minimum Gasteiger partial charge on any atom is -0.490 e. The van der Waals surface area contributed by atoms with Crippen LogP contribution in [0.5, 0.6) is 17.2 Å². The second kappa shape index (κ2) is 8.85. The summed E-state index contributed by atoms with van der Waals surface area (Å²) in [7, 11) is 0. The first kappa shape index (κ1) is 15.9. The van der Waals surface area contributed by atoms with Gasteiger partial charge in [-0.3, -0.25) is 0 Å². The van der Waals surface area contributed by atoms with Gasteiger partial charge in [0.2, 0.25) is 5.75 Å². The van der Waals surface area contributed by atoms with Gasteiger partial charge in [0, 0.05) is 6.08 Å². The number of rotatable bonds is 9. The summed E-state index contributed by atoms with van der Waals surface area (Å²) in [6.45, 7) is 8.53. The smallest absolute Gasteiger partial charge is 0.330 e. The Labute approximate surface area is 119 Å². The lowest BCUT2D eigenvalue weighted by Crippen LogP contribution is -2.11. The normalized spacial score (nSPS) is 9.70. The van der Waals surface area contributed by atoms with E-state index in [-0.39, 0.29) is 13.2 Å². The van der Waals surface area contributed by atoms with Crippen LogP contribution < -0.4 is 14.2 Å². The molecular formula is C15H20O5. The van der Waals surface area contributed by atoms with E-state index >= 15 is 0 Å². The number of ether oxygens (including phenoxy) is 4. The molecule has 0 aromatic heterocycles. The molecule has 20 heavy (non-hydrogen) atoms. The molecule has 0 bridgehead atoms. The van der Waals surface area contributed by atoms with Crippen molar-refractivity contribution < 1.29 is 23.7 Å². The zero-order chi connectivity index (χ0) is 14.8. The van der Waals surface area contributed by atoms with Gasteiger partial charge in [-0.1, -0.05) is 12.6 Å². The zero-order valence-electron chi connectivity index (χ0n) is 11.9. The molecule has 5 heteroatoms. The predicted molar refractivity (Wildman–Crippen MR) is 75.4 cm³/mol. The minimum atomic E-state index is -0.471. The first-order valence-electron chi connectivity index (χ1n) is 6.53. The molecule has 0 saturated carbocycles. The molecule has 0 atom stereocenters. The molecule has 0 amide bonds. The standard InChI is InChI=1S/C15H20O5/c1-4-14(16)20-11-10-19-13-9-7-8-12(17-5-2)15(13)18-6-3/h4,7-9H,1,5-6,10-11H2,2-3H3. The Morgan fingerprint density at radius 1 is 1.10 bits per heavy atom. The Hall–Kier alpha value is -2.17. The summed E-state index contributed by atoms with van der Waals surface area (Å²) in [6, 6.07) is 5.42. The van der Waals surface area contributed by atoms with E-state index in [0.717, 1.165) is 6.08 Å². The molecule has 110 valence electrons. The number of esters is 1. The van der Waals surface area contributed by atoms with Crippen molar-refractivity contribution in [3.05, 3.63) is 30.9 Å². The Kier molecular flexibility index (Phi) is 7.03. The second-order valence-electron chi connectivity index (χ2n) is 3.67. The van der Waals surface area contributed by atoms with Gasteiger partial charge in [-0.2, -0.15) is 0 Å². The van der Waals surface area contributed by atoms with Crippen LogP contribution in [0.3, 0.4) is 0 Å². The quantitative estimate of drug-likeness (QED) is 0.395. The van der Waals surface area contributed by atoms with E-state index in [0.29, 0.717) is 30.5 Å². The zero-order valence-corrected chi connectivity index (χ0v) is 11.9. The second-order valence-corrected chi connectivity index (χ2v) is 3.67. The van der Waals surface area contributed by atoms with Crippen molar-refractivity contribution in [3.63, 3.8) is 0 Å². The highest BCUT2D eigenvalue weighted by molar-refractivity contribution is 5.81. The van der Waals surface area contributed by atoms with E-state index in [1.54, 1.807) is 6.07 Å². The number of hydrogen-bond donors (Lipinski definition) is 0. The Morgan fingerprint density at radius 3 is 2.35 bits per heavy atom. The van der Waals surface area contributed by atoms with Crippen LogP contribution in [0, 0.1) is 0 Å². The molecule has 1 rings (SSSR count). The summed E-state index contributed by atoms with van der Waals surface area (Å²) in [5.41, 5.74) is 0. The van der Waals surface area contributed by atoms with Crippen molar-refractivity contribution in [1.29, 1.82) is 0 Å². The molecule has 1 aromatic carbocycles. The van der Waals surface area contributed by atoms with Crippen LogP contribution in [-0.2, 0) is 9.53 Å². The summed E-state index contributed by atoms with van der Waals surface area (Å²) in [5.74, 6) is 1.29. The molecule has 0 aliphatic rings. The molecule has 0 saturated heterocycles. The monoisotopic (exact) mass is 280 g/mol. The number of carbonyl (C=O) groups is 1. The fourth-order valence-electron chi connectivity index (χ4n) is 1.52. The van der Waals surface area contributed by atoms with Crippen molar-refractivity contribution in [2.24, 2.45) is 0 Å². The molecule has 0 unspecified atom stereocenters. The highest BCUT2D eigenvalue weighted by Crippen LogP contribution is 2.37. The van der Waals surface area contributed by atoms with Crippen LogP contribution in [0.2, 0.25) is 0 Å². The molecule has 0 aliphatic heterocycles.